The van der Waals surface area contributed by atoms with Crippen LogP contribution in [0.15, 0.2) is 0 Å². The Morgan fingerprint density at radius 3 is 2.75 bits per heavy atom. The number of nitrogens with one attached hydrogen (secondary N) is 1. The van der Waals surface area contributed by atoms with Crippen molar-refractivity contribution in [1.82, 2.24) is 15.3 Å². The lowest BCUT2D eigenvalue weighted by atomic mass is 10.2. The molecule has 1 aliphatic rings. The van der Waals surface area contributed by atoms with Gasteiger partial charge in [-0.2, -0.15) is 0 Å². The Morgan fingerprint density at radius 1 is 1.45 bits per heavy atom. The third-order valence-electron chi connectivity index (χ3n) is 3.49. The van der Waals surface area contributed by atoms with Gasteiger partial charge in [-0.1, -0.05) is 25.4 Å². The first-order chi connectivity index (χ1) is 9.38. The molecule has 0 aliphatic carbocycles. The van der Waals surface area contributed by atoms with E-state index in [1.54, 1.807) is 6.92 Å². The summed E-state index contributed by atoms with van der Waals surface area (Å²) < 4.78 is 0. The number of hydrogen-bond donors (Lipinski definition) is 1. The normalized spacial score (nSPS) is 18.7. The Kier molecular flexibility index (Phi) is 4.48. The van der Waals surface area contributed by atoms with Crippen molar-refractivity contribution in [3.63, 3.8) is 0 Å². The maximum atomic E-state index is 11.1. The number of halogens is 1. The van der Waals surface area contributed by atoms with Crippen LogP contribution in [0.1, 0.15) is 44.5 Å². The highest BCUT2D eigenvalue weighted by Gasteiger charge is 2.26. The van der Waals surface area contributed by atoms with Crippen LogP contribution in [0.3, 0.4) is 0 Å². The summed E-state index contributed by atoms with van der Waals surface area (Å²) in [5.74, 6) is 1.90. The largest absolute Gasteiger partial charge is 0.354 e. The lowest BCUT2D eigenvalue weighted by Gasteiger charge is -2.21. The summed E-state index contributed by atoms with van der Waals surface area (Å²) in [6, 6.07) is 0.183. The molecule has 0 saturated carbocycles. The standard InChI is InChI=1S/C14H21ClN4O/c1-8(2)13-17-12(15)9(3)14(18-13)19-6-5-11(7-19)16-10(4)20/h8,11H,5-7H2,1-4H3,(H,16,20). The second-order valence-electron chi connectivity index (χ2n) is 5.61. The summed E-state index contributed by atoms with van der Waals surface area (Å²) in [6.07, 6.45) is 0.928. The Balaban J connectivity index is 2.23. The number of aromatic nitrogens is 2. The molecule has 1 aliphatic heterocycles. The van der Waals surface area contributed by atoms with Gasteiger partial charge < -0.3 is 10.2 Å². The minimum absolute atomic E-state index is 0.0113. The van der Waals surface area contributed by atoms with Gasteiger partial charge in [0.25, 0.3) is 0 Å². The van der Waals surface area contributed by atoms with Crippen LogP contribution in [0.4, 0.5) is 5.82 Å². The van der Waals surface area contributed by atoms with Crippen LogP contribution in [0.5, 0.6) is 0 Å². The van der Waals surface area contributed by atoms with Crippen molar-refractivity contribution >= 4 is 23.3 Å². The van der Waals surface area contributed by atoms with Crippen molar-refractivity contribution in [2.24, 2.45) is 0 Å². The summed E-state index contributed by atoms with van der Waals surface area (Å²) >= 11 is 6.21. The van der Waals surface area contributed by atoms with E-state index in [0.717, 1.165) is 36.7 Å². The molecule has 1 fully saturated rings. The van der Waals surface area contributed by atoms with Crippen molar-refractivity contribution in [2.45, 2.75) is 46.1 Å². The van der Waals surface area contributed by atoms with E-state index in [9.17, 15) is 4.79 Å². The molecule has 1 aromatic heterocycles. The molecule has 1 aromatic rings. The Hall–Kier alpha value is -1.36. The lowest BCUT2D eigenvalue weighted by Crippen LogP contribution is -2.36. The van der Waals surface area contributed by atoms with Gasteiger partial charge in [-0.25, -0.2) is 9.97 Å². The number of rotatable bonds is 3. The highest BCUT2D eigenvalue weighted by atomic mass is 35.5. The summed E-state index contributed by atoms with van der Waals surface area (Å²) in [7, 11) is 0. The minimum atomic E-state index is 0.0113. The molecule has 1 atom stereocenters. The number of anilines is 1. The molecule has 0 spiro atoms. The van der Waals surface area contributed by atoms with Crippen molar-refractivity contribution in [3.05, 3.63) is 16.5 Å². The van der Waals surface area contributed by atoms with E-state index < -0.39 is 0 Å². The smallest absolute Gasteiger partial charge is 0.217 e. The number of hydrogen-bond acceptors (Lipinski definition) is 4. The van der Waals surface area contributed by atoms with Gasteiger partial charge in [-0.05, 0) is 13.3 Å². The van der Waals surface area contributed by atoms with E-state index in [-0.39, 0.29) is 17.9 Å². The molecular formula is C14H21ClN4O. The van der Waals surface area contributed by atoms with Gasteiger partial charge in [-0.15, -0.1) is 0 Å². The molecule has 0 aromatic carbocycles. The topological polar surface area (TPSA) is 58.1 Å². The Morgan fingerprint density at radius 2 is 2.15 bits per heavy atom. The summed E-state index contributed by atoms with van der Waals surface area (Å²) in [5.41, 5.74) is 0.902. The van der Waals surface area contributed by atoms with E-state index in [1.807, 2.05) is 6.92 Å². The minimum Gasteiger partial charge on any atom is -0.354 e. The average molecular weight is 297 g/mol. The maximum Gasteiger partial charge on any atom is 0.217 e. The zero-order valence-electron chi connectivity index (χ0n) is 12.4. The third kappa shape index (κ3) is 3.20. The molecule has 2 rings (SSSR count). The molecule has 0 bridgehead atoms. The van der Waals surface area contributed by atoms with Gasteiger partial charge in [0, 0.05) is 37.5 Å². The fourth-order valence-corrected chi connectivity index (χ4v) is 2.59. The molecule has 2 heterocycles. The summed E-state index contributed by atoms with van der Waals surface area (Å²) in [4.78, 5) is 22.3. The average Bonchev–Trinajstić information content (AvgIpc) is 2.79. The van der Waals surface area contributed by atoms with Gasteiger partial charge in [0.15, 0.2) is 0 Å². The quantitative estimate of drug-likeness (QED) is 0.870. The zero-order valence-corrected chi connectivity index (χ0v) is 13.2. The van der Waals surface area contributed by atoms with Crippen molar-refractivity contribution in [3.8, 4) is 0 Å². The van der Waals surface area contributed by atoms with E-state index >= 15 is 0 Å². The monoisotopic (exact) mass is 296 g/mol. The third-order valence-corrected chi connectivity index (χ3v) is 3.86. The van der Waals surface area contributed by atoms with Crippen molar-refractivity contribution in [1.29, 1.82) is 0 Å². The number of carbonyl (C=O) groups excluding carboxylic acids is 1. The van der Waals surface area contributed by atoms with Crippen LogP contribution in [-0.2, 0) is 4.79 Å². The van der Waals surface area contributed by atoms with Gasteiger partial charge >= 0.3 is 0 Å². The number of carbonyl (C=O) groups is 1. The molecule has 0 radical (unpaired) electrons. The molecule has 6 heteroatoms. The zero-order chi connectivity index (χ0) is 14.9. The first-order valence-corrected chi connectivity index (χ1v) is 7.32. The predicted octanol–water partition coefficient (Wildman–Crippen LogP) is 2.28. The predicted molar refractivity (Wildman–Crippen MR) is 80.3 cm³/mol. The van der Waals surface area contributed by atoms with Gasteiger partial charge in [0.2, 0.25) is 5.91 Å². The maximum absolute atomic E-state index is 11.1. The molecule has 1 amide bonds. The molecular weight excluding hydrogens is 276 g/mol. The van der Waals surface area contributed by atoms with E-state index in [0.29, 0.717) is 5.15 Å². The molecule has 20 heavy (non-hydrogen) atoms. The van der Waals surface area contributed by atoms with Crippen LogP contribution in [0, 0.1) is 6.92 Å². The van der Waals surface area contributed by atoms with Crippen molar-refractivity contribution in [2.75, 3.05) is 18.0 Å². The Labute approximate surface area is 124 Å². The fourth-order valence-electron chi connectivity index (χ4n) is 2.42. The summed E-state index contributed by atoms with van der Waals surface area (Å²) in [5, 5.41) is 3.47. The molecule has 5 nitrogen and oxygen atoms in total. The van der Waals surface area contributed by atoms with E-state index in [1.165, 1.54) is 0 Å². The van der Waals surface area contributed by atoms with Gasteiger partial charge in [-0.3, -0.25) is 4.79 Å². The number of nitrogens with zero attached hydrogens (tertiary/aromatic N) is 3. The number of amides is 1. The molecule has 110 valence electrons. The van der Waals surface area contributed by atoms with Gasteiger partial charge in [0.05, 0.1) is 0 Å². The van der Waals surface area contributed by atoms with Gasteiger partial charge in [0.1, 0.15) is 16.8 Å². The van der Waals surface area contributed by atoms with Crippen LogP contribution in [0.2, 0.25) is 5.15 Å². The summed E-state index contributed by atoms with van der Waals surface area (Å²) in [6.45, 7) is 9.23. The van der Waals surface area contributed by atoms with Crippen LogP contribution < -0.4 is 10.2 Å². The molecule has 1 saturated heterocycles. The molecule has 1 unspecified atom stereocenters. The first kappa shape index (κ1) is 15.0. The SMILES string of the molecule is CC(=O)NC1CCN(c2nc(C(C)C)nc(Cl)c2C)C1. The van der Waals surface area contributed by atoms with Crippen LogP contribution in [-0.4, -0.2) is 35.0 Å². The van der Waals surface area contributed by atoms with E-state index in [2.05, 4.69) is 34.0 Å². The first-order valence-electron chi connectivity index (χ1n) is 6.94. The fraction of sp³-hybridized carbons (Fsp3) is 0.643. The second-order valence-corrected chi connectivity index (χ2v) is 5.97. The Bertz CT molecular complexity index is 518. The highest BCUT2D eigenvalue weighted by Crippen LogP contribution is 2.28. The highest BCUT2D eigenvalue weighted by molar-refractivity contribution is 6.30. The van der Waals surface area contributed by atoms with E-state index in [4.69, 9.17) is 11.6 Å². The second kappa shape index (κ2) is 5.95. The lowest BCUT2D eigenvalue weighted by molar-refractivity contribution is -0.119. The van der Waals surface area contributed by atoms with Crippen LogP contribution >= 0.6 is 11.6 Å². The van der Waals surface area contributed by atoms with Crippen LogP contribution in [0.25, 0.3) is 0 Å². The van der Waals surface area contributed by atoms with Crippen molar-refractivity contribution < 1.29 is 4.79 Å². The molecule has 1 N–H and O–H groups in total.